The fourth-order valence-corrected chi connectivity index (χ4v) is 2.32. The van der Waals surface area contributed by atoms with Crippen LogP contribution in [0, 0.1) is 0 Å². The largest absolute Gasteiger partial charge is 0.870 e. The number of rotatable bonds is 4. The molecule has 0 aliphatic rings. The van der Waals surface area contributed by atoms with Crippen molar-refractivity contribution >= 4 is 34.3 Å². The molecular weight excluding hydrogens is 274 g/mol. The molecule has 5 nitrogen and oxygen atoms in total. The van der Waals surface area contributed by atoms with E-state index in [1.165, 1.54) is 0 Å². The lowest BCUT2D eigenvalue weighted by Crippen LogP contribution is -2.34. The summed E-state index contributed by atoms with van der Waals surface area (Å²) in [5.41, 5.74) is 0.384. The van der Waals surface area contributed by atoms with Gasteiger partial charge < -0.3 is 5.48 Å². The SMILES string of the molecule is O=S(=O)(O)Cc1cc[n+](CCS)cc1Cl.[OH-]. The molecule has 0 saturated carbocycles. The highest BCUT2D eigenvalue weighted by Gasteiger charge is 2.13. The maximum atomic E-state index is 10.6. The molecule has 0 aliphatic carbocycles. The van der Waals surface area contributed by atoms with Crippen molar-refractivity contribution in [3.8, 4) is 0 Å². The molecule has 0 amide bonds. The minimum absolute atomic E-state index is 0. The Labute approximate surface area is 105 Å². The summed E-state index contributed by atoms with van der Waals surface area (Å²) in [6, 6.07) is 1.57. The molecule has 16 heavy (non-hydrogen) atoms. The van der Waals surface area contributed by atoms with E-state index in [1.807, 2.05) is 0 Å². The van der Waals surface area contributed by atoms with Crippen LogP contribution in [0.1, 0.15) is 5.56 Å². The number of halogens is 1. The predicted octanol–water partition coefficient (Wildman–Crippen LogP) is 0.768. The van der Waals surface area contributed by atoms with Crippen molar-refractivity contribution in [2.24, 2.45) is 0 Å². The highest BCUT2D eigenvalue weighted by atomic mass is 35.5. The first-order valence-corrected chi connectivity index (χ1v) is 6.78. The summed E-state index contributed by atoms with van der Waals surface area (Å²) in [5, 5.41) is 0.317. The van der Waals surface area contributed by atoms with Gasteiger partial charge in [-0.2, -0.15) is 21.0 Å². The van der Waals surface area contributed by atoms with E-state index < -0.39 is 15.9 Å². The summed E-state index contributed by atoms with van der Waals surface area (Å²) in [6.07, 6.45) is 3.31. The Hall–Kier alpha value is -0.340. The number of hydrogen-bond acceptors (Lipinski definition) is 4. The zero-order valence-electron chi connectivity index (χ0n) is 8.24. The van der Waals surface area contributed by atoms with Crippen LogP contribution in [0.2, 0.25) is 5.02 Å². The summed E-state index contributed by atoms with van der Waals surface area (Å²) in [7, 11) is -4.03. The smallest absolute Gasteiger partial charge is 0.269 e. The van der Waals surface area contributed by atoms with E-state index >= 15 is 0 Å². The molecule has 1 aromatic rings. The maximum Gasteiger partial charge on any atom is 0.269 e. The van der Waals surface area contributed by atoms with E-state index in [4.69, 9.17) is 16.2 Å². The summed E-state index contributed by atoms with van der Waals surface area (Å²) in [6.45, 7) is 0.689. The van der Waals surface area contributed by atoms with Gasteiger partial charge in [0.2, 0.25) is 0 Å². The molecule has 92 valence electrons. The van der Waals surface area contributed by atoms with Gasteiger partial charge in [-0.05, 0) is 0 Å². The minimum Gasteiger partial charge on any atom is -0.870 e. The number of hydrogen-bond donors (Lipinski definition) is 2. The molecule has 1 heterocycles. The molecule has 0 atom stereocenters. The van der Waals surface area contributed by atoms with Crippen LogP contribution in [0.4, 0.5) is 0 Å². The molecule has 0 spiro atoms. The molecule has 0 saturated heterocycles. The van der Waals surface area contributed by atoms with Gasteiger partial charge in [-0.1, -0.05) is 11.6 Å². The van der Waals surface area contributed by atoms with E-state index in [-0.39, 0.29) is 5.48 Å². The van der Waals surface area contributed by atoms with E-state index in [9.17, 15) is 8.42 Å². The monoisotopic (exact) mass is 285 g/mol. The molecule has 8 heteroatoms. The Kier molecular flexibility index (Phi) is 6.27. The zero-order chi connectivity index (χ0) is 11.5. The fraction of sp³-hybridized carbons (Fsp3) is 0.375. The van der Waals surface area contributed by atoms with Gasteiger partial charge in [0.25, 0.3) is 10.1 Å². The van der Waals surface area contributed by atoms with Crippen molar-refractivity contribution in [3.05, 3.63) is 29.0 Å². The van der Waals surface area contributed by atoms with Crippen molar-refractivity contribution in [2.45, 2.75) is 12.3 Å². The molecule has 2 N–H and O–H groups in total. The van der Waals surface area contributed by atoms with E-state index in [0.717, 1.165) is 0 Å². The van der Waals surface area contributed by atoms with Crippen LogP contribution in [0.3, 0.4) is 0 Å². The van der Waals surface area contributed by atoms with Crippen LogP contribution in [0.5, 0.6) is 0 Å². The van der Waals surface area contributed by atoms with Crippen LogP contribution in [0.25, 0.3) is 0 Å². The van der Waals surface area contributed by atoms with Gasteiger partial charge in [0, 0.05) is 17.4 Å². The van der Waals surface area contributed by atoms with Gasteiger partial charge in [-0.3, -0.25) is 4.55 Å². The number of pyridine rings is 1. The fourth-order valence-electron chi connectivity index (χ4n) is 1.10. The van der Waals surface area contributed by atoms with Gasteiger partial charge >= 0.3 is 0 Å². The molecule has 0 fully saturated rings. The van der Waals surface area contributed by atoms with E-state index in [0.29, 0.717) is 22.9 Å². The Bertz CT molecular complexity index is 449. The second kappa shape index (κ2) is 6.41. The number of nitrogens with zero attached hydrogens (tertiary/aromatic N) is 1. The Morgan fingerprint density at radius 2 is 2.12 bits per heavy atom. The van der Waals surface area contributed by atoms with Crippen molar-refractivity contribution in [1.82, 2.24) is 0 Å². The van der Waals surface area contributed by atoms with Crippen molar-refractivity contribution < 1.29 is 23.0 Å². The highest BCUT2D eigenvalue weighted by molar-refractivity contribution is 7.85. The van der Waals surface area contributed by atoms with Gasteiger partial charge in [0.15, 0.2) is 18.9 Å². The normalized spacial score (nSPS) is 10.9. The Morgan fingerprint density at radius 1 is 1.50 bits per heavy atom. The van der Waals surface area contributed by atoms with Gasteiger partial charge in [-0.15, -0.1) is 0 Å². The number of thiol groups is 1. The molecule has 1 aromatic heterocycles. The quantitative estimate of drug-likeness (QED) is 0.486. The lowest BCUT2D eigenvalue weighted by molar-refractivity contribution is -0.692. The molecule has 0 bridgehead atoms. The number of aryl methyl sites for hydroxylation is 1. The van der Waals surface area contributed by atoms with E-state index in [2.05, 4.69) is 12.6 Å². The van der Waals surface area contributed by atoms with Gasteiger partial charge in [-0.25, -0.2) is 4.57 Å². The molecular formula is C8H12ClNO4S2. The summed E-state index contributed by atoms with van der Waals surface area (Å²) in [4.78, 5) is 0. The second-order valence-electron chi connectivity index (χ2n) is 3.01. The van der Waals surface area contributed by atoms with Crippen molar-refractivity contribution in [2.75, 3.05) is 5.75 Å². The third-order valence-electron chi connectivity index (χ3n) is 1.75. The first-order valence-electron chi connectivity index (χ1n) is 4.16. The predicted molar refractivity (Wildman–Crippen MR) is 62.7 cm³/mol. The molecule has 0 aliphatic heterocycles. The third kappa shape index (κ3) is 5.13. The van der Waals surface area contributed by atoms with Crippen LogP contribution in [-0.2, 0) is 22.4 Å². The van der Waals surface area contributed by atoms with Crippen LogP contribution in [-0.4, -0.2) is 24.2 Å². The van der Waals surface area contributed by atoms with Crippen LogP contribution < -0.4 is 4.57 Å². The van der Waals surface area contributed by atoms with Gasteiger partial charge in [0.05, 0.1) is 0 Å². The van der Waals surface area contributed by atoms with Crippen LogP contribution in [0.15, 0.2) is 18.5 Å². The average molecular weight is 286 g/mol. The maximum absolute atomic E-state index is 10.6. The highest BCUT2D eigenvalue weighted by Crippen LogP contribution is 2.15. The second-order valence-corrected chi connectivity index (χ2v) is 5.31. The lowest BCUT2D eigenvalue weighted by atomic mass is 10.3. The minimum atomic E-state index is -4.03. The van der Waals surface area contributed by atoms with Gasteiger partial charge in [0.1, 0.15) is 10.8 Å². The van der Waals surface area contributed by atoms with Crippen molar-refractivity contribution in [3.63, 3.8) is 0 Å². The van der Waals surface area contributed by atoms with Crippen LogP contribution >= 0.6 is 24.2 Å². The summed E-state index contributed by atoms with van der Waals surface area (Å²) >= 11 is 9.91. The third-order valence-corrected chi connectivity index (χ3v) is 2.97. The van der Waals surface area contributed by atoms with Crippen molar-refractivity contribution in [1.29, 1.82) is 0 Å². The standard InChI is InChI=1S/C8H10ClNO3S2.H2O/c9-8-5-10(3-4-14)2-1-7(8)6-15(11,12)13;/h1-2,5H,3-4,6H2,(H-,11,12,13,14);1H2. The first-order chi connectivity index (χ1) is 6.92. The summed E-state index contributed by atoms with van der Waals surface area (Å²) < 4.78 is 31.7. The number of aromatic nitrogens is 1. The molecule has 0 unspecified atom stereocenters. The van der Waals surface area contributed by atoms with E-state index in [1.54, 1.807) is 23.0 Å². The molecule has 1 rings (SSSR count). The first kappa shape index (κ1) is 15.7. The Morgan fingerprint density at radius 3 is 2.56 bits per heavy atom. The molecule has 0 radical (unpaired) electrons. The summed E-state index contributed by atoms with van der Waals surface area (Å²) in [5.74, 6) is 0.201. The lowest BCUT2D eigenvalue weighted by Gasteiger charge is -2.00. The average Bonchev–Trinajstić information content (AvgIpc) is 2.08. The molecule has 0 aromatic carbocycles. The zero-order valence-corrected chi connectivity index (χ0v) is 10.7. The topological polar surface area (TPSA) is 88.2 Å². The Balaban J connectivity index is 0.00000225.